The Labute approximate surface area is 238 Å². The zero-order valence-corrected chi connectivity index (χ0v) is 23.5. The molecule has 0 unspecified atom stereocenters. The fourth-order valence-electron chi connectivity index (χ4n) is 5.18. The van der Waals surface area contributed by atoms with Crippen LogP contribution >= 0.6 is 23.5 Å². The van der Waals surface area contributed by atoms with Gasteiger partial charge in [0.1, 0.15) is 11.6 Å². The van der Waals surface area contributed by atoms with Gasteiger partial charge in [-0.2, -0.15) is 0 Å². The molecule has 0 saturated heterocycles. The number of halogens is 2. The molecule has 2 atom stereocenters. The predicted octanol–water partition coefficient (Wildman–Crippen LogP) is 7.08. The number of carbonyl (C=O) groups is 1. The number of imidazole rings is 1. The van der Waals surface area contributed by atoms with Gasteiger partial charge in [-0.15, -0.1) is 0 Å². The van der Waals surface area contributed by atoms with Crippen molar-refractivity contribution in [3.8, 4) is 0 Å². The number of fused-ring (bicyclic) bond motifs is 1. The van der Waals surface area contributed by atoms with Gasteiger partial charge >= 0.3 is 0 Å². The Balaban J connectivity index is 0.000000292. The van der Waals surface area contributed by atoms with Crippen LogP contribution in [0.15, 0.2) is 84.0 Å². The highest BCUT2D eigenvalue weighted by Crippen LogP contribution is 2.51. The molecule has 6 rings (SSSR count). The normalized spacial score (nSPS) is 17.5. The molecular formula is C31H32ClFN4OS. The maximum Gasteiger partial charge on any atom is 0.231 e. The second-order valence-electron chi connectivity index (χ2n) is 10.1. The van der Waals surface area contributed by atoms with E-state index in [0.717, 1.165) is 58.2 Å². The van der Waals surface area contributed by atoms with E-state index in [1.165, 1.54) is 36.1 Å². The molecular weight excluding hydrogens is 531 g/mol. The topological polar surface area (TPSA) is 64.2 Å². The molecule has 2 aliphatic rings. The van der Waals surface area contributed by atoms with Crippen molar-refractivity contribution >= 4 is 35.1 Å². The first-order valence-electron chi connectivity index (χ1n) is 13.2. The van der Waals surface area contributed by atoms with E-state index >= 15 is 0 Å². The molecule has 1 aromatic heterocycles. The minimum Gasteiger partial charge on any atom is -0.337 e. The molecule has 2 aliphatic carbocycles. The van der Waals surface area contributed by atoms with Gasteiger partial charge in [-0.3, -0.25) is 9.93 Å². The van der Waals surface area contributed by atoms with E-state index in [-0.39, 0.29) is 23.6 Å². The minimum absolute atomic E-state index is 0.0267. The van der Waals surface area contributed by atoms with Crippen LogP contribution in [0.5, 0.6) is 0 Å². The molecule has 0 radical (unpaired) electrons. The molecule has 1 fully saturated rings. The molecule has 2 N–H and O–H groups in total. The van der Waals surface area contributed by atoms with Crippen LogP contribution in [0.25, 0.3) is 0 Å². The van der Waals surface area contributed by atoms with E-state index in [1.54, 1.807) is 18.3 Å². The van der Waals surface area contributed by atoms with E-state index in [0.29, 0.717) is 6.54 Å². The van der Waals surface area contributed by atoms with Gasteiger partial charge in [-0.25, -0.2) is 9.37 Å². The summed E-state index contributed by atoms with van der Waals surface area (Å²) in [5.41, 5.74) is 4.87. The summed E-state index contributed by atoms with van der Waals surface area (Å²) in [5, 5.41) is 5.95. The van der Waals surface area contributed by atoms with Crippen molar-refractivity contribution in [2.24, 2.45) is 18.1 Å². The first kappa shape index (κ1) is 27.4. The Morgan fingerprint density at radius 2 is 1.85 bits per heavy atom. The molecule has 1 heterocycles. The van der Waals surface area contributed by atoms with Crippen LogP contribution < -0.4 is 10.0 Å². The molecule has 39 heavy (non-hydrogen) atoms. The third-order valence-corrected chi connectivity index (χ3v) is 8.38. The SMILES string of the molecule is Cn1ccnc1CN(C(=O)[C@H]1C[C@@H]1c1ccccc1Cl)c1ccc2c(c1)CCCC2.NSc1ccc(F)cc1. The van der Waals surface area contributed by atoms with Gasteiger partial charge in [0.25, 0.3) is 0 Å². The molecule has 5 nitrogen and oxygen atoms in total. The van der Waals surface area contributed by atoms with Crippen molar-refractivity contribution in [1.82, 2.24) is 9.55 Å². The summed E-state index contributed by atoms with van der Waals surface area (Å²) in [6.45, 7) is 0.479. The largest absolute Gasteiger partial charge is 0.337 e. The quantitative estimate of drug-likeness (QED) is 0.255. The van der Waals surface area contributed by atoms with Crippen LogP contribution in [0.1, 0.15) is 47.7 Å². The Morgan fingerprint density at radius 3 is 2.54 bits per heavy atom. The van der Waals surface area contributed by atoms with Crippen molar-refractivity contribution in [3.63, 3.8) is 0 Å². The second kappa shape index (κ2) is 12.4. The molecule has 8 heteroatoms. The highest BCUT2D eigenvalue weighted by Gasteiger charge is 2.47. The number of carbonyl (C=O) groups excluding carboxylic acids is 1. The second-order valence-corrected chi connectivity index (χ2v) is 11.2. The lowest BCUT2D eigenvalue weighted by molar-refractivity contribution is -0.120. The lowest BCUT2D eigenvalue weighted by Crippen LogP contribution is -2.33. The van der Waals surface area contributed by atoms with Gasteiger partial charge in [-0.1, -0.05) is 35.9 Å². The van der Waals surface area contributed by atoms with Crippen molar-refractivity contribution in [2.75, 3.05) is 4.90 Å². The van der Waals surface area contributed by atoms with Gasteiger partial charge in [0.2, 0.25) is 5.91 Å². The Bertz CT molecular complexity index is 1440. The summed E-state index contributed by atoms with van der Waals surface area (Å²) in [6.07, 6.45) is 9.28. The first-order chi connectivity index (χ1) is 18.9. The van der Waals surface area contributed by atoms with Crippen molar-refractivity contribution < 1.29 is 9.18 Å². The van der Waals surface area contributed by atoms with Gasteiger partial charge in [0, 0.05) is 41.0 Å². The summed E-state index contributed by atoms with van der Waals surface area (Å²) < 4.78 is 14.2. The number of nitrogens with zero attached hydrogens (tertiary/aromatic N) is 3. The summed E-state index contributed by atoms with van der Waals surface area (Å²) >= 11 is 7.51. The maximum atomic E-state index is 13.7. The lowest BCUT2D eigenvalue weighted by atomic mass is 9.91. The lowest BCUT2D eigenvalue weighted by Gasteiger charge is -2.25. The van der Waals surface area contributed by atoms with Crippen molar-refractivity contribution in [3.05, 3.63) is 112 Å². The highest BCUT2D eigenvalue weighted by atomic mass is 35.5. The third kappa shape index (κ3) is 6.55. The summed E-state index contributed by atoms with van der Waals surface area (Å²) in [4.78, 5) is 20.9. The Hall–Kier alpha value is -3.13. The number of benzene rings is 3. The molecule has 0 bridgehead atoms. The molecule has 1 amide bonds. The van der Waals surface area contributed by atoms with Gasteiger partial charge in [0.05, 0.1) is 6.54 Å². The molecule has 3 aromatic carbocycles. The van der Waals surface area contributed by atoms with E-state index in [4.69, 9.17) is 16.7 Å². The molecule has 4 aromatic rings. The zero-order chi connectivity index (χ0) is 27.4. The standard InChI is InChI=1S/C25H26ClN3O.C6H6FNS/c1-28-13-12-27-24(28)16-29(19-11-10-17-6-2-3-7-18(17)14-19)25(30)22-15-21(22)20-8-4-5-9-23(20)26;7-5-1-3-6(9-8)4-2-5/h4-5,8-14,21-22H,2-3,6-7,15-16H2,1H3;1-4H,8H2/t21-,22+;/m1./s1. The van der Waals surface area contributed by atoms with Crippen LogP contribution in [0.3, 0.4) is 0 Å². The maximum absolute atomic E-state index is 13.7. The highest BCUT2D eigenvalue weighted by molar-refractivity contribution is 7.97. The number of hydrogen-bond acceptors (Lipinski definition) is 4. The smallest absolute Gasteiger partial charge is 0.231 e. The number of anilines is 1. The molecule has 202 valence electrons. The minimum atomic E-state index is -0.229. The number of rotatable bonds is 6. The van der Waals surface area contributed by atoms with E-state index < -0.39 is 0 Å². The number of hydrogen-bond donors (Lipinski definition) is 1. The van der Waals surface area contributed by atoms with Gasteiger partial charge in [-0.05, 0) is 109 Å². The van der Waals surface area contributed by atoms with Gasteiger partial charge < -0.3 is 9.47 Å². The first-order valence-corrected chi connectivity index (χ1v) is 14.5. The Kier molecular flexibility index (Phi) is 8.70. The number of amides is 1. The van der Waals surface area contributed by atoms with Crippen LogP contribution in [-0.2, 0) is 31.2 Å². The zero-order valence-electron chi connectivity index (χ0n) is 21.9. The molecule has 1 saturated carbocycles. The Morgan fingerprint density at radius 1 is 1.10 bits per heavy atom. The number of aromatic nitrogens is 2. The average molecular weight is 563 g/mol. The summed E-state index contributed by atoms with van der Waals surface area (Å²) in [6, 6.07) is 20.5. The average Bonchev–Trinajstić information content (AvgIpc) is 3.66. The summed E-state index contributed by atoms with van der Waals surface area (Å²) in [5.74, 6) is 0.997. The fraction of sp³-hybridized carbons (Fsp3) is 0.290. The van der Waals surface area contributed by atoms with Crippen molar-refractivity contribution in [2.45, 2.75) is 49.5 Å². The summed E-state index contributed by atoms with van der Waals surface area (Å²) in [7, 11) is 1.97. The fourth-order valence-corrected chi connectivity index (χ4v) is 5.74. The van der Waals surface area contributed by atoms with Crippen LogP contribution in [-0.4, -0.2) is 15.5 Å². The van der Waals surface area contributed by atoms with E-state index in [2.05, 4.69) is 23.2 Å². The van der Waals surface area contributed by atoms with Crippen LogP contribution in [0.4, 0.5) is 10.1 Å². The molecule has 0 spiro atoms. The monoisotopic (exact) mass is 562 g/mol. The molecule has 0 aliphatic heterocycles. The number of nitrogens with two attached hydrogens (primary N) is 1. The van der Waals surface area contributed by atoms with E-state index in [9.17, 15) is 9.18 Å². The van der Waals surface area contributed by atoms with Crippen molar-refractivity contribution in [1.29, 1.82) is 0 Å². The number of aryl methyl sites for hydroxylation is 3. The van der Waals surface area contributed by atoms with Crippen LogP contribution in [0.2, 0.25) is 5.02 Å². The van der Waals surface area contributed by atoms with Gasteiger partial charge in [0.15, 0.2) is 0 Å². The third-order valence-electron chi connectivity index (χ3n) is 7.49. The van der Waals surface area contributed by atoms with Crippen LogP contribution in [0, 0.1) is 11.7 Å². The predicted molar refractivity (Wildman–Crippen MR) is 156 cm³/mol. The van der Waals surface area contributed by atoms with E-state index in [1.807, 2.05) is 47.0 Å².